The first-order valence-electron chi connectivity index (χ1n) is 4.89. The number of amides is 1. The highest BCUT2D eigenvalue weighted by molar-refractivity contribution is 5.65. The predicted octanol–water partition coefficient (Wildman–Crippen LogP) is 3.34. The second-order valence-corrected chi connectivity index (χ2v) is 3.69. The van der Waals surface area contributed by atoms with Crippen molar-refractivity contribution in [3.8, 4) is 0 Å². The molecule has 1 amide bonds. The van der Waals surface area contributed by atoms with Crippen LogP contribution in [0.15, 0.2) is 18.2 Å². The molecule has 17 heavy (non-hydrogen) atoms. The maximum Gasteiger partial charge on any atom is 0.416 e. The first kappa shape index (κ1) is 13.3. The Bertz CT molecular complexity index is 429. The molecular formula is C11H12F3NO2. The molecule has 0 aliphatic rings. The molecule has 0 unspecified atom stereocenters. The lowest BCUT2D eigenvalue weighted by Gasteiger charge is -2.18. The lowest BCUT2D eigenvalue weighted by molar-refractivity contribution is -0.138. The monoisotopic (exact) mass is 247 g/mol. The smallest absolute Gasteiger partial charge is 0.416 e. The second-order valence-electron chi connectivity index (χ2n) is 3.69. The number of nitrogens with one attached hydrogen (secondary N) is 1. The summed E-state index contributed by atoms with van der Waals surface area (Å²) >= 11 is 0. The normalized spacial score (nSPS) is 13.2. The van der Waals surface area contributed by atoms with Gasteiger partial charge in [-0.3, -0.25) is 0 Å². The largest absolute Gasteiger partial charge is 0.465 e. The van der Waals surface area contributed by atoms with Gasteiger partial charge in [0.15, 0.2) is 0 Å². The molecule has 94 valence electrons. The van der Waals surface area contributed by atoms with Crippen molar-refractivity contribution in [3.05, 3.63) is 34.9 Å². The number of carbonyl (C=O) groups is 1. The van der Waals surface area contributed by atoms with E-state index < -0.39 is 23.9 Å². The Morgan fingerprint density at radius 3 is 2.47 bits per heavy atom. The average molecular weight is 247 g/mol. The van der Waals surface area contributed by atoms with E-state index in [2.05, 4.69) is 5.32 Å². The van der Waals surface area contributed by atoms with Gasteiger partial charge in [-0.05, 0) is 31.0 Å². The first-order valence-corrected chi connectivity index (χ1v) is 4.89. The summed E-state index contributed by atoms with van der Waals surface area (Å²) in [5.41, 5.74) is -0.377. The Morgan fingerprint density at radius 1 is 1.41 bits per heavy atom. The molecule has 1 atom stereocenters. The van der Waals surface area contributed by atoms with E-state index in [0.29, 0.717) is 5.56 Å². The van der Waals surface area contributed by atoms with Crippen LogP contribution in [0, 0.1) is 6.92 Å². The molecule has 2 N–H and O–H groups in total. The second kappa shape index (κ2) is 4.65. The Labute approximate surface area is 96.3 Å². The summed E-state index contributed by atoms with van der Waals surface area (Å²) in [6.07, 6.45) is -5.70. The summed E-state index contributed by atoms with van der Waals surface area (Å²) in [7, 11) is 0. The van der Waals surface area contributed by atoms with Gasteiger partial charge in [0.05, 0.1) is 11.6 Å². The molecule has 0 bridgehead atoms. The van der Waals surface area contributed by atoms with Crippen LogP contribution >= 0.6 is 0 Å². The van der Waals surface area contributed by atoms with Crippen molar-refractivity contribution in [2.24, 2.45) is 0 Å². The number of rotatable bonds is 2. The van der Waals surface area contributed by atoms with Gasteiger partial charge in [-0.15, -0.1) is 0 Å². The molecule has 0 saturated carbocycles. The van der Waals surface area contributed by atoms with Crippen LogP contribution in [0.25, 0.3) is 0 Å². The highest BCUT2D eigenvalue weighted by Gasteiger charge is 2.33. The summed E-state index contributed by atoms with van der Waals surface area (Å²) in [6, 6.07) is 3.04. The van der Waals surface area contributed by atoms with Crippen molar-refractivity contribution >= 4 is 6.09 Å². The SMILES string of the molecule is Cc1c([C@@H](C)NC(=O)O)cccc1C(F)(F)F. The van der Waals surface area contributed by atoms with Crippen molar-refractivity contribution in [1.82, 2.24) is 5.32 Å². The lowest BCUT2D eigenvalue weighted by Crippen LogP contribution is -2.25. The number of hydrogen-bond acceptors (Lipinski definition) is 1. The fourth-order valence-corrected chi connectivity index (χ4v) is 1.69. The fraction of sp³-hybridized carbons (Fsp3) is 0.364. The van der Waals surface area contributed by atoms with E-state index in [4.69, 9.17) is 5.11 Å². The maximum absolute atomic E-state index is 12.6. The number of benzene rings is 1. The van der Waals surface area contributed by atoms with Gasteiger partial charge in [-0.25, -0.2) is 4.79 Å². The zero-order valence-electron chi connectivity index (χ0n) is 9.30. The molecule has 0 spiro atoms. The van der Waals surface area contributed by atoms with E-state index in [-0.39, 0.29) is 5.56 Å². The van der Waals surface area contributed by atoms with E-state index in [0.717, 1.165) is 6.07 Å². The fourth-order valence-electron chi connectivity index (χ4n) is 1.69. The van der Waals surface area contributed by atoms with E-state index >= 15 is 0 Å². The first-order chi connectivity index (χ1) is 7.73. The minimum absolute atomic E-state index is 0.0428. The Morgan fingerprint density at radius 2 is 2.00 bits per heavy atom. The third-order valence-electron chi connectivity index (χ3n) is 2.49. The zero-order chi connectivity index (χ0) is 13.2. The third-order valence-corrected chi connectivity index (χ3v) is 2.49. The molecule has 0 saturated heterocycles. The molecular weight excluding hydrogens is 235 g/mol. The zero-order valence-corrected chi connectivity index (χ0v) is 9.30. The summed E-state index contributed by atoms with van der Waals surface area (Å²) in [4.78, 5) is 10.4. The highest BCUT2D eigenvalue weighted by Crippen LogP contribution is 2.34. The Kier molecular flexibility index (Phi) is 3.65. The van der Waals surface area contributed by atoms with Gasteiger partial charge in [0.25, 0.3) is 0 Å². The molecule has 6 heteroatoms. The molecule has 0 fully saturated rings. The molecule has 0 aromatic heterocycles. The van der Waals surface area contributed by atoms with Crippen molar-refractivity contribution in [2.45, 2.75) is 26.1 Å². The number of halogens is 3. The van der Waals surface area contributed by atoms with E-state index in [9.17, 15) is 18.0 Å². The average Bonchev–Trinajstić information content (AvgIpc) is 2.14. The molecule has 0 radical (unpaired) electrons. The summed E-state index contributed by atoms with van der Waals surface area (Å²) < 4.78 is 37.9. The summed E-state index contributed by atoms with van der Waals surface area (Å²) in [5.74, 6) is 0. The van der Waals surface area contributed by atoms with Gasteiger partial charge >= 0.3 is 12.3 Å². The highest BCUT2D eigenvalue weighted by atomic mass is 19.4. The molecule has 1 rings (SSSR count). The van der Waals surface area contributed by atoms with Crippen molar-refractivity contribution in [1.29, 1.82) is 0 Å². The van der Waals surface area contributed by atoms with Crippen LogP contribution < -0.4 is 5.32 Å². The predicted molar refractivity (Wildman–Crippen MR) is 55.8 cm³/mol. The Balaban J connectivity index is 3.15. The van der Waals surface area contributed by atoms with Crippen molar-refractivity contribution < 1.29 is 23.1 Å². The quantitative estimate of drug-likeness (QED) is 0.842. The van der Waals surface area contributed by atoms with E-state index in [1.165, 1.54) is 26.0 Å². The van der Waals surface area contributed by atoms with Crippen LogP contribution in [-0.2, 0) is 6.18 Å². The van der Waals surface area contributed by atoms with Gasteiger partial charge in [0.1, 0.15) is 0 Å². The lowest BCUT2D eigenvalue weighted by atomic mass is 9.97. The summed E-state index contributed by atoms with van der Waals surface area (Å²) in [5, 5.41) is 10.7. The molecule has 0 aliphatic heterocycles. The van der Waals surface area contributed by atoms with Gasteiger partial charge < -0.3 is 10.4 Å². The van der Waals surface area contributed by atoms with E-state index in [1.807, 2.05) is 0 Å². The minimum atomic E-state index is -4.43. The number of carboxylic acid groups (broad SMARTS) is 1. The van der Waals surface area contributed by atoms with Crippen LogP contribution in [0.4, 0.5) is 18.0 Å². The van der Waals surface area contributed by atoms with Crippen LogP contribution in [0.2, 0.25) is 0 Å². The maximum atomic E-state index is 12.6. The van der Waals surface area contributed by atoms with Gasteiger partial charge in [0, 0.05) is 0 Å². The van der Waals surface area contributed by atoms with Gasteiger partial charge in [-0.2, -0.15) is 13.2 Å². The summed E-state index contributed by atoms with van der Waals surface area (Å²) in [6.45, 7) is 2.83. The van der Waals surface area contributed by atoms with Crippen LogP contribution in [0.3, 0.4) is 0 Å². The van der Waals surface area contributed by atoms with Crippen LogP contribution in [0.1, 0.15) is 29.7 Å². The minimum Gasteiger partial charge on any atom is -0.465 e. The van der Waals surface area contributed by atoms with Gasteiger partial charge in [-0.1, -0.05) is 12.1 Å². The topological polar surface area (TPSA) is 49.3 Å². The number of hydrogen-bond donors (Lipinski definition) is 2. The van der Waals surface area contributed by atoms with Gasteiger partial charge in [0.2, 0.25) is 0 Å². The van der Waals surface area contributed by atoms with E-state index in [1.54, 1.807) is 0 Å². The van der Waals surface area contributed by atoms with Crippen molar-refractivity contribution in [3.63, 3.8) is 0 Å². The Hall–Kier alpha value is -1.72. The molecule has 1 aromatic rings. The molecule has 3 nitrogen and oxygen atoms in total. The van der Waals surface area contributed by atoms with Crippen LogP contribution in [-0.4, -0.2) is 11.2 Å². The standard InChI is InChI=1S/C11H12F3NO2/c1-6-8(7(2)15-10(16)17)4-3-5-9(6)11(12,13)14/h3-5,7,15H,1-2H3,(H,16,17)/t7-/m1/s1. The van der Waals surface area contributed by atoms with Crippen molar-refractivity contribution in [2.75, 3.05) is 0 Å². The molecule has 0 heterocycles. The van der Waals surface area contributed by atoms with Crippen LogP contribution in [0.5, 0.6) is 0 Å². The molecule has 0 aliphatic carbocycles. The number of alkyl halides is 3. The third kappa shape index (κ3) is 3.12. The molecule has 1 aromatic carbocycles.